The predicted octanol–water partition coefficient (Wildman–Crippen LogP) is 1.61. The van der Waals surface area contributed by atoms with Crippen LogP contribution in [-0.4, -0.2) is 48.3 Å². The first-order valence-corrected chi connectivity index (χ1v) is 7.32. The van der Waals surface area contributed by atoms with E-state index in [4.69, 9.17) is 0 Å². The zero-order chi connectivity index (χ0) is 12.1. The lowest BCUT2D eigenvalue weighted by atomic mass is 9.77. The van der Waals surface area contributed by atoms with Crippen LogP contribution in [0.1, 0.15) is 45.4 Å². The second kappa shape index (κ2) is 6.17. The smallest absolute Gasteiger partial charge is 0.0613 e. The van der Waals surface area contributed by atoms with Gasteiger partial charge in [0, 0.05) is 18.6 Å². The van der Waals surface area contributed by atoms with Crippen molar-refractivity contribution in [2.45, 2.75) is 51.0 Å². The highest BCUT2D eigenvalue weighted by molar-refractivity contribution is 4.92. The van der Waals surface area contributed by atoms with E-state index in [-0.39, 0.29) is 5.54 Å². The number of nitrogens with one attached hydrogen (secondary N) is 1. The van der Waals surface area contributed by atoms with Gasteiger partial charge in [-0.15, -0.1) is 0 Å². The molecule has 1 aliphatic heterocycles. The Bertz CT molecular complexity index is 218. The minimum atomic E-state index is 0.0340. The standard InChI is InChI=1S/C14H28N2O/c1-13-4-6-14(12-17,7-5-13)15-8-11-16-9-2-3-10-16/h13,15,17H,2-12H2,1H3. The van der Waals surface area contributed by atoms with Crippen LogP contribution in [0.3, 0.4) is 0 Å². The van der Waals surface area contributed by atoms with Crippen LogP contribution in [0.25, 0.3) is 0 Å². The molecule has 0 atom stereocenters. The number of rotatable bonds is 5. The molecule has 0 unspecified atom stereocenters. The lowest BCUT2D eigenvalue weighted by Crippen LogP contribution is -2.52. The molecular formula is C14H28N2O. The molecule has 0 amide bonds. The van der Waals surface area contributed by atoms with E-state index >= 15 is 0 Å². The maximum atomic E-state index is 9.64. The Balaban J connectivity index is 1.71. The van der Waals surface area contributed by atoms with Crippen LogP contribution in [0.15, 0.2) is 0 Å². The molecule has 1 heterocycles. The Kier molecular flexibility index (Phi) is 4.83. The second-order valence-electron chi connectivity index (χ2n) is 6.10. The van der Waals surface area contributed by atoms with E-state index in [1.54, 1.807) is 0 Å². The average molecular weight is 240 g/mol. The van der Waals surface area contributed by atoms with Crippen molar-refractivity contribution in [1.29, 1.82) is 0 Å². The molecular weight excluding hydrogens is 212 g/mol. The van der Waals surface area contributed by atoms with Crippen molar-refractivity contribution in [2.24, 2.45) is 5.92 Å². The van der Waals surface area contributed by atoms with Crippen molar-refractivity contribution >= 4 is 0 Å². The van der Waals surface area contributed by atoms with Gasteiger partial charge in [-0.25, -0.2) is 0 Å². The summed E-state index contributed by atoms with van der Waals surface area (Å²) in [5, 5.41) is 13.3. The number of hydrogen-bond acceptors (Lipinski definition) is 3. The van der Waals surface area contributed by atoms with Gasteiger partial charge in [0.05, 0.1) is 6.61 Å². The fourth-order valence-corrected chi connectivity index (χ4v) is 3.19. The van der Waals surface area contributed by atoms with Gasteiger partial charge in [-0.3, -0.25) is 0 Å². The summed E-state index contributed by atoms with van der Waals surface area (Å²) in [7, 11) is 0. The minimum Gasteiger partial charge on any atom is -0.394 e. The third-order valence-electron chi connectivity index (χ3n) is 4.66. The number of likely N-dealkylation sites (tertiary alicyclic amines) is 1. The molecule has 3 nitrogen and oxygen atoms in total. The maximum Gasteiger partial charge on any atom is 0.0613 e. The summed E-state index contributed by atoms with van der Waals surface area (Å²) < 4.78 is 0. The van der Waals surface area contributed by atoms with Gasteiger partial charge < -0.3 is 15.3 Å². The summed E-state index contributed by atoms with van der Waals surface area (Å²) in [4.78, 5) is 2.53. The molecule has 17 heavy (non-hydrogen) atoms. The summed E-state index contributed by atoms with van der Waals surface area (Å²) in [6.45, 7) is 7.35. The van der Waals surface area contributed by atoms with E-state index in [2.05, 4.69) is 17.1 Å². The van der Waals surface area contributed by atoms with Crippen LogP contribution in [0.2, 0.25) is 0 Å². The van der Waals surface area contributed by atoms with Crippen molar-refractivity contribution in [1.82, 2.24) is 10.2 Å². The Hall–Kier alpha value is -0.120. The zero-order valence-electron chi connectivity index (χ0n) is 11.2. The maximum absolute atomic E-state index is 9.64. The first kappa shape index (κ1) is 13.3. The fraction of sp³-hybridized carbons (Fsp3) is 1.00. The Morgan fingerprint density at radius 3 is 2.47 bits per heavy atom. The van der Waals surface area contributed by atoms with Gasteiger partial charge in [0.1, 0.15) is 0 Å². The predicted molar refractivity (Wildman–Crippen MR) is 71.1 cm³/mol. The number of aliphatic hydroxyl groups excluding tert-OH is 1. The quantitative estimate of drug-likeness (QED) is 0.766. The highest BCUT2D eigenvalue weighted by Crippen LogP contribution is 2.31. The van der Waals surface area contributed by atoms with Crippen molar-refractivity contribution in [3.05, 3.63) is 0 Å². The Morgan fingerprint density at radius 1 is 1.24 bits per heavy atom. The molecule has 3 heteroatoms. The molecule has 2 rings (SSSR count). The average Bonchev–Trinajstić information content (AvgIpc) is 2.85. The molecule has 2 N–H and O–H groups in total. The monoisotopic (exact) mass is 240 g/mol. The van der Waals surface area contributed by atoms with Crippen LogP contribution >= 0.6 is 0 Å². The SMILES string of the molecule is CC1CCC(CO)(NCCN2CCCC2)CC1. The second-order valence-corrected chi connectivity index (χ2v) is 6.10. The molecule has 2 aliphatic rings. The molecule has 100 valence electrons. The van der Waals surface area contributed by atoms with E-state index in [0.29, 0.717) is 6.61 Å². The largest absolute Gasteiger partial charge is 0.394 e. The van der Waals surface area contributed by atoms with Gasteiger partial charge >= 0.3 is 0 Å². The molecule has 2 fully saturated rings. The summed E-state index contributed by atoms with van der Waals surface area (Å²) in [6, 6.07) is 0. The van der Waals surface area contributed by atoms with Crippen LogP contribution in [-0.2, 0) is 0 Å². The van der Waals surface area contributed by atoms with Gasteiger partial charge in [-0.05, 0) is 57.5 Å². The summed E-state index contributed by atoms with van der Waals surface area (Å²) >= 11 is 0. The molecule has 0 spiro atoms. The molecule has 0 bridgehead atoms. The topological polar surface area (TPSA) is 35.5 Å². The molecule has 1 saturated carbocycles. The van der Waals surface area contributed by atoms with Gasteiger partial charge in [-0.2, -0.15) is 0 Å². The number of hydrogen-bond donors (Lipinski definition) is 2. The zero-order valence-corrected chi connectivity index (χ0v) is 11.2. The van der Waals surface area contributed by atoms with Crippen LogP contribution in [0.5, 0.6) is 0 Å². The molecule has 0 aromatic carbocycles. The Labute approximate surface area is 106 Å². The van der Waals surface area contributed by atoms with E-state index in [1.165, 1.54) is 38.8 Å². The third kappa shape index (κ3) is 3.67. The van der Waals surface area contributed by atoms with E-state index in [0.717, 1.165) is 31.8 Å². The summed E-state index contributed by atoms with van der Waals surface area (Å²) in [6.07, 6.45) is 7.54. The molecule has 1 saturated heterocycles. The Morgan fingerprint density at radius 2 is 1.88 bits per heavy atom. The molecule has 1 aliphatic carbocycles. The fourth-order valence-electron chi connectivity index (χ4n) is 3.19. The summed E-state index contributed by atoms with van der Waals surface area (Å²) in [5.74, 6) is 0.843. The van der Waals surface area contributed by atoms with Crippen LogP contribution in [0, 0.1) is 5.92 Å². The highest BCUT2D eigenvalue weighted by Gasteiger charge is 2.32. The lowest BCUT2D eigenvalue weighted by molar-refractivity contribution is 0.103. The van der Waals surface area contributed by atoms with E-state index in [9.17, 15) is 5.11 Å². The first-order valence-electron chi connectivity index (χ1n) is 7.32. The van der Waals surface area contributed by atoms with Crippen LogP contribution in [0.4, 0.5) is 0 Å². The van der Waals surface area contributed by atoms with Gasteiger partial charge in [0.15, 0.2) is 0 Å². The first-order chi connectivity index (χ1) is 8.24. The molecule has 0 aromatic rings. The summed E-state index contributed by atoms with van der Waals surface area (Å²) in [5.41, 5.74) is 0.0340. The number of aliphatic hydroxyl groups is 1. The third-order valence-corrected chi connectivity index (χ3v) is 4.66. The van der Waals surface area contributed by atoms with Crippen molar-refractivity contribution in [3.63, 3.8) is 0 Å². The lowest BCUT2D eigenvalue weighted by Gasteiger charge is -2.39. The van der Waals surface area contributed by atoms with Crippen molar-refractivity contribution in [3.8, 4) is 0 Å². The normalized spacial score (nSPS) is 35.3. The molecule has 0 aromatic heterocycles. The van der Waals surface area contributed by atoms with Gasteiger partial charge in [-0.1, -0.05) is 6.92 Å². The van der Waals surface area contributed by atoms with Crippen molar-refractivity contribution in [2.75, 3.05) is 32.8 Å². The van der Waals surface area contributed by atoms with Crippen LogP contribution < -0.4 is 5.32 Å². The van der Waals surface area contributed by atoms with Gasteiger partial charge in [0.25, 0.3) is 0 Å². The van der Waals surface area contributed by atoms with E-state index in [1.807, 2.05) is 0 Å². The van der Waals surface area contributed by atoms with Crippen molar-refractivity contribution < 1.29 is 5.11 Å². The van der Waals surface area contributed by atoms with Gasteiger partial charge in [0.2, 0.25) is 0 Å². The van der Waals surface area contributed by atoms with E-state index < -0.39 is 0 Å². The highest BCUT2D eigenvalue weighted by atomic mass is 16.3. The number of nitrogens with zero attached hydrogens (tertiary/aromatic N) is 1. The minimum absolute atomic E-state index is 0.0340. The molecule has 0 radical (unpaired) electrons.